The third kappa shape index (κ3) is 4.79. The molecule has 0 unspecified atom stereocenters. The number of nitrogens with zero attached hydrogens (tertiary/aromatic N) is 1. The average molecular weight is 460 g/mol. The Morgan fingerprint density at radius 3 is 2.52 bits per heavy atom. The molecular formula is C19H16Cl2FNO5S. The van der Waals surface area contributed by atoms with Crippen molar-refractivity contribution in [2.75, 3.05) is 20.2 Å². The summed E-state index contributed by atoms with van der Waals surface area (Å²) in [6.07, 6.45) is 1.94. The maximum absolute atomic E-state index is 14.5. The molecule has 0 aromatic heterocycles. The first-order chi connectivity index (χ1) is 13.6. The molecule has 3 rings (SSSR count). The Hall–Kier alpha value is -1.97. The Morgan fingerprint density at radius 2 is 1.97 bits per heavy atom. The van der Waals surface area contributed by atoms with E-state index >= 15 is 0 Å². The second kappa shape index (κ2) is 8.41. The fraction of sp³-hybridized carbons (Fsp3) is 0.211. The average Bonchev–Trinajstić information content (AvgIpc) is 3.42. The smallest absolute Gasteiger partial charge is 0.328 e. The summed E-state index contributed by atoms with van der Waals surface area (Å²) in [5.41, 5.74) is 0.547. The van der Waals surface area contributed by atoms with Crippen LogP contribution in [0, 0.1) is 5.82 Å². The van der Waals surface area contributed by atoms with Crippen LogP contribution in [0.5, 0.6) is 0 Å². The van der Waals surface area contributed by atoms with Crippen LogP contribution >= 0.6 is 23.2 Å². The number of epoxide rings is 1. The fourth-order valence-corrected chi connectivity index (χ4v) is 5.17. The number of rotatable bonds is 7. The summed E-state index contributed by atoms with van der Waals surface area (Å²) in [5.74, 6) is -1.83. The van der Waals surface area contributed by atoms with E-state index in [1.807, 2.05) is 0 Å². The zero-order valence-electron chi connectivity index (χ0n) is 15.1. The predicted octanol–water partition coefficient (Wildman–Crippen LogP) is 3.92. The van der Waals surface area contributed by atoms with Crippen LogP contribution in [0.25, 0.3) is 17.2 Å². The lowest BCUT2D eigenvalue weighted by atomic mass is 9.98. The van der Waals surface area contributed by atoms with Crippen LogP contribution in [-0.4, -0.2) is 50.1 Å². The Morgan fingerprint density at radius 1 is 1.34 bits per heavy atom. The third-order valence-electron chi connectivity index (χ3n) is 4.27. The minimum Gasteiger partial charge on any atom is -0.478 e. The second-order valence-corrected chi connectivity index (χ2v) is 9.18. The molecule has 154 valence electrons. The summed E-state index contributed by atoms with van der Waals surface area (Å²) in [4.78, 5) is 10.5. The van der Waals surface area contributed by atoms with Crippen LogP contribution in [0.3, 0.4) is 0 Å². The van der Waals surface area contributed by atoms with Crippen LogP contribution in [0.2, 0.25) is 10.0 Å². The van der Waals surface area contributed by atoms with Gasteiger partial charge in [-0.05, 0) is 35.4 Å². The summed E-state index contributed by atoms with van der Waals surface area (Å²) < 4.78 is 46.4. The maximum Gasteiger partial charge on any atom is 0.328 e. The SMILES string of the molecule is CN(C[C@H]1CO1)S(=O)(=O)c1c(Cl)cc(-c2c(F)cccc2/C=C/C(=O)O)cc1Cl. The van der Waals surface area contributed by atoms with Gasteiger partial charge in [-0.1, -0.05) is 35.3 Å². The van der Waals surface area contributed by atoms with Crippen molar-refractivity contribution in [2.45, 2.75) is 11.0 Å². The number of likely N-dealkylation sites (N-methyl/N-ethyl adjacent to an activating group) is 1. The highest BCUT2D eigenvalue weighted by atomic mass is 35.5. The third-order valence-corrected chi connectivity index (χ3v) is 7.02. The molecule has 0 radical (unpaired) electrons. The molecule has 2 aromatic carbocycles. The highest BCUT2D eigenvalue weighted by Crippen LogP contribution is 2.38. The van der Waals surface area contributed by atoms with Crippen LogP contribution in [-0.2, 0) is 19.6 Å². The lowest BCUT2D eigenvalue weighted by Gasteiger charge is -2.19. The molecule has 0 aliphatic carbocycles. The fourth-order valence-electron chi connectivity index (χ4n) is 2.81. The first-order valence-corrected chi connectivity index (χ1v) is 10.6. The van der Waals surface area contributed by atoms with Crippen molar-refractivity contribution in [3.63, 3.8) is 0 Å². The molecule has 0 bridgehead atoms. The van der Waals surface area contributed by atoms with Crippen LogP contribution < -0.4 is 0 Å². The Balaban J connectivity index is 2.08. The summed E-state index contributed by atoms with van der Waals surface area (Å²) in [7, 11) is -2.60. The number of sulfonamides is 1. The van der Waals surface area contributed by atoms with E-state index in [1.165, 1.54) is 43.5 Å². The number of carboxylic acids is 1. The molecule has 2 aromatic rings. The van der Waals surface area contributed by atoms with Gasteiger partial charge in [0.2, 0.25) is 10.0 Å². The van der Waals surface area contributed by atoms with Crippen molar-refractivity contribution in [1.29, 1.82) is 0 Å². The van der Waals surface area contributed by atoms with Gasteiger partial charge >= 0.3 is 5.97 Å². The van der Waals surface area contributed by atoms with Crippen molar-refractivity contribution in [3.8, 4) is 11.1 Å². The van der Waals surface area contributed by atoms with Gasteiger partial charge in [0, 0.05) is 25.2 Å². The molecule has 1 N–H and O–H groups in total. The van der Waals surface area contributed by atoms with Crippen molar-refractivity contribution in [3.05, 3.63) is 57.8 Å². The second-order valence-electron chi connectivity index (χ2n) is 6.39. The summed E-state index contributed by atoms with van der Waals surface area (Å²) >= 11 is 12.5. The predicted molar refractivity (Wildman–Crippen MR) is 108 cm³/mol. The maximum atomic E-state index is 14.5. The number of halogens is 3. The molecule has 1 aliphatic rings. The van der Waals surface area contributed by atoms with E-state index in [0.29, 0.717) is 6.61 Å². The minimum atomic E-state index is -3.99. The monoisotopic (exact) mass is 459 g/mol. The molecule has 29 heavy (non-hydrogen) atoms. The van der Waals surface area contributed by atoms with Crippen molar-refractivity contribution < 1.29 is 27.4 Å². The van der Waals surface area contributed by atoms with Gasteiger partial charge in [-0.3, -0.25) is 0 Å². The van der Waals surface area contributed by atoms with E-state index in [2.05, 4.69) is 0 Å². The van der Waals surface area contributed by atoms with E-state index in [1.54, 1.807) is 0 Å². The topological polar surface area (TPSA) is 87.2 Å². The molecule has 0 spiro atoms. The molecule has 1 atom stereocenters. The molecule has 1 heterocycles. The molecule has 0 saturated carbocycles. The zero-order valence-corrected chi connectivity index (χ0v) is 17.4. The van der Waals surface area contributed by atoms with E-state index in [4.69, 9.17) is 33.0 Å². The number of carbonyl (C=O) groups is 1. The lowest BCUT2D eigenvalue weighted by Crippen LogP contribution is -2.31. The first-order valence-electron chi connectivity index (χ1n) is 8.38. The first kappa shape index (κ1) is 21.7. The molecular weight excluding hydrogens is 444 g/mol. The highest BCUT2D eigenvalue weighted by molar-refractivity contribution is 7.89. The van der Waals surface area contributed by atoms with Gasteiger partial charge in [0.05, 0.1) is 22.8 Å². The number of hydrogen-bond acceptors (Lipinski definition) is 4. The highest BCUT2D eigenvalue weighted by Gasteiger charge is 2.33. The van der Waals surface area contributed by atoms with E-state index in [0.717, 1.165) is 10.4 Å². The van der Waals surface area contributed by atoms with E-state index < -0.39 is 21.8 Å². The largest absolute Gasteiger partial charge is 0.478 e. The number of carboxylic acid groups (broad SMARTS) is 1. The van der Waals surface area contributed by atoms with Gasteiger partial charge in [0.25, 0.3) is 0 Å². The van der Waals surface area contributed by atoms with Gasteiger partial charge in [0.1, 0.15) is 10.7 Å². The number of ether oxygens (including phenoxy) is 1. The van der Waals surface area contributed by atoms with Crippen LogP contribution in [0.1, 0.15) is 5.56 Å². The van der Waals surface area contributed by atoms with Crippen LogP contribution in [0.15, 0.2) is 41.3 Å². The number of hydrogen-bond donors (Lipinski definition) is 1. The van der Waals surface area contributed by atoms with Crippen molar-refractivity contribution in [1.82, 2.24) is 4.31 Å². The van der Waals surface area contributed by atoms with Gasteiger partial charge in [-0.2, -0.15) is 4.31 Å². The van der Waals surface area contributed by atoms with E-state index in [-0.39, 0.29) is 44.3 Å². The quantitative estimate of drug-likeness (QED) is 0.500. The van der Waals surface area contributed by atoms with Crippen molar-refractivity contribution >= 4 is 45.3 Å². The van der Waals surface area contributed by atoms with Crippen molar-refractivity contribution in [2.24, 2.45) is 0 Å². The number of aliphatic carboxylic acids is 1. The van der Waals surface area contributed by atoms with Gasteiger partial charge in [-0.25, -0.2) is 17.6 Å². The summed E-state index contributed by atoms with van der Waals surface area (Å²) in [6, 6.07) is 6.73. The molecule has 1 aliphatic heterocycles. The number of benzene rings is 2. The summed E-state index contributed by atoms with van der Waals surface area (Å²) in [5, 5.41) is 8.49. The zero-order chi connectivity index (χ0) is 21.3. The minimum absolute atomic E-state index is 0.0532. The van der Waals surface area contributed by atoms with Gasteiger partial charge < -0.3 is 9.84 Å². The lowest BCUT2D eigenvalue weighted by molar-refractivity contribution is -0.131. The van der Waals surface area contributed by atoms with Gasteiger partial charge in [0.15, 0.2) is 0 Å². The molecule has 0 amide bonds. The Labute approximate surface area is 177 Å². The molecule has 1 saturated heterocycles. The molecule has 1 fully saturated rings. The van der Waals surface area contributed by atoms with E-state index in [9.17, 15) is 17.6 Å². The Kier molecular flexibility index (Phi) is 6.30. The molecule has 10 heteroatoms. The molecule has 6 nitrogen and oxygen atoms in total. The van der Waals surface area contributed by atoms with Gasteiger partial charge in [-0.15, -0.1) is 0 Å². The standard InChI is InChI=1S/C19H16Cl2FNO5S/c1-23(9-13-10-28-13)29(26,27)19-14(20)7-12(8-15(19)21)18-11(5-6-17(24)25)3-2-4-16(18)22/h2-8,13H,9-10H2,1H3,(H,24,25)/b6-5+/t13-/m0/s1. The van der Waals surface area contributed by atoms with Crippen LogP contribution in [0.4, 0.5) is 4.39 Å². The normalized spacial score (nSPS) is 16.5. The Bertz CT molecular complexity index is 1080. The summed E-state index contributed by atoms with van der Waals surface area (Å²) in [6.45, 7) is 0.647.